The lowest BCUT2D eigenvalue weighted by Crippen LogP contribution is -2.19. The van der Waals surface area contributed by atoms with E-state index in [1.807, 2.05) is 43.3 Å². The Morgan fingerprint density at radius 1 is 0.889 bits per heavy atom. The Hall–Kier alpha value is -3.47. The largest absolute Gasteiger partial charge is 0.497 e. The summed E-state index contributed by atoms with van der Waals surface area (Å²) in [6, 6.07) is 20.0. The molecule has 0 unspecified atom stereocenters. The van der Waals surface area contributed by atoms with Crippen molar-refractivity contribution in [2.75, 3.05) is 7.11 Å². The van der Waals surface area contributed by atoms with Crippen LogP contribution in [0.15, 0.2) is 76.8 Å². The number of hydrogen-bond donors (Lipinski definition) is 1. The van der Waals surface area contributed by atoms with Crippen LogP contribution in [0, 0.1) is 12.7 Å². The molecule has 3 aromatic rings. The lowest BCUT2D eigenvalue weighted by atomic mass is 9.99. The van der Waals surface area contributed by atoms with Gasteiger partial charge in [-0.3, -0.25) is 5.43 Å². The van der Waals surface area contributed by atoms with Gasteiger partial charge in [0.2, 0.25) is 0 Å². The summed E-state index contributed by atoms with van der Waals surface area (Å²) in [7, 11) is 1.64. The van der Waals surface area contributed by atoms with Gasteiger partial charge in [-0.15, -0.1) is 0 Å². The van der Waals surface area contributed by atoms with Gasteiger partial charge in [0.1, 0.15) is 11.6 Å². The molecule has 1 aliphatic heterocycles. The molecule has 27 heavy (non-hydrogen) atoms. The molecule has 1 aliphatic rings. The minimum Gasteiger partial charge on any atom is -0.497 e. The second kappa shape index (κ2) is 7.03. The Balaban J connectivity index is 1.83. The van der Waals surface area contributed by atoms with Gasteiger partial charge >= 0.3 is 0 Å². The van der Waals surface area contributed by atoms with Crippen molar-refractivity contribution in [3.05, 3.63) is 94.8 Å². The fourth-order valence-electron chi connectivity index (χ4n) is 2.96. The summed E-state index contributed by atoms with van der Waals surface area (Å²) >= 11 is 0. The van der Waals surface area contributed by atoms with Crippen molar-refractivity contribution in [1.29, 1.82) is 0 Å². The van der Waals surface area contributed by atoms with Crippen molar-refractivity contribution in [1.82, 2.24) is 5.43 Å². The predicted octanol–water partition coefficient (Wildman–Crippen LogP) is 4.58. The molecule has 1 N–H and O–H groups in total. The Kier molecular flexibility index (Phi) is 4.42. The number of amidine groups is 1. The van der Waals surface area contributed by atoms with Gasteiger partial charge in [0.25, 0.3) is 0 Å². The molecule has 4 rings (SSSR count). The molecule has 0 atom stereocenters. The number of halogens is 1. The molecular weight excluding hydrogens is 341 g/mol. The first-order valence-electron chi connectivity index (χ1n) is 8.58. The minimum absolute atomic E-state index is 0.286. The third kappa shape index (κ3) is 3.44. The molecule has 4 nitrogen and oxygen atoms in total. The summed E-state index contributed by atoms with van der Waals surface area (Å²) in [4.78, 5) is 4.73. The van der Waals surface area contributed by atoms with E-state index in [0.29, 0.717) is 5.84 Å². The Bertz CT molecular complexity index is 1040. The fraction of sp³-hybridized carbons (Fsp3) is 0.0909. The van der Waals surface area contributed by atoms with Crippen LogP contribution in [0.25, 0.3) is 0 Å². The number of nitrogens with one attached hydrogen (secondary N) is 1. The molecule has 3 aromatic carbocycles. The lowest BCUT2D eigenvalue weighted by molar-refractivity contribution is 0.415. The number of methoxy groups -OCH3 is 1. The number of nitrogens with zero attached hydrogens (tertiary/aromatic N) is 2. The summed E-state index contributed by atoms with van der Waals surface area (Å²) in [5.41, 5.74) is 8.41. The first kappa shape index (κ1) is 17.0. The maximum atomic E-state index is 13.3. The Labute approximate surface area is 157 Å². The van der Waals surface area contributed by atoms with Crippen LogP contribution in [-0.2, 0) is 0 Å². The average molecular weight is 359 g/mol. The van der Waals surface area contributed by atoms with Crippen LogP contribution in [-0.4, -0.2) is 18.7 Å². The monoisotopic (exact) mass is 359 g/mol. The number of aliphatic imine (C=N–C) groups is 1. The van der Waals surface area contributed by atoms with E-state index in [2.05, 4.69) is 16.6 Å². The molecule has 0 spiro atoms. The molecule has 0 fully saturated rings. The molecule has 134 valence electrons. The van der Waals surface area contributed by atoms with Gasteiger partial charge in [0, 0.05) is 16.7 Å². The van der Waals surface area contributed by atoms with Crippen molar-refractivity contribution in [2.45, 2.75) is 6.92 Å². The van der Waals surface area contributed by atoms with Crippen LogP contribution in [0.5, 0.6) is 5.75 Å². The Morgan fingerprint density at radius 2 is 1.59 bits per heavy atom. The third-order valence-corrected chi connectivity index (χ3v) is 4.39. The van der Waals surface area contributed by atoms with Crippen molar-refractivity contribution in [3.63, 3.8) is 0 Å². The van der Waals surface area contributed by atoms with Crippen LogP contribution in [0.2, 0.25) is 0 Å². The van der Waals surface area contributed by atoms with Gasteiger partial charge in [-0.2, -0.15) is 5.10 Å². The summed E-state index contributed by atoms with van der Waals surface area (Å²) in [6.45, 7) is 2.04. The smallest absolute Gasteiger partial charge is 0.154 e. The first-order valence-corrected chi connectivity index (χ1v) is 8.58. The molecular formula is C22H18FN3O. The zero-order valence-electron chi connectivity index (χ0n) is 15.0. The number of rotatable bonds is 3. The van der Waals surface area contributed by atoms with E-state index in [1.54, 1.807) is 19.2 Å². The van der Waals surface area contributed by atoms with Gasteiger partial charge < -0.3 is 4.74 Å². The van der Waals surface area contributed by atoms with Gasteiger partial charge in [0.15, 0.2) is 5.84 Å². The van der Waals surface area contributed by atoms with Crippen LogP contribution in [0.1, 0.15) is 22.3 Å². The molecule has 0 aliphatic carbocycles. The number of ether oxygens (including phenoxy) is 1. The number of hydrogen-bond acceptors (Lipinski definition) is 4. The normalized spacial score (nSPS) is 13.0. The average Bonchev–Trinajstić information content (AvgIpc) is 2.88. The molecule has 0 radical (unpaired) electrons. The zero-order valence-corrected chi connectivity index (χ0v) is 15.0. The highest BCUT2D eigenvalue weighted by Crippen LogP contribution is 2.27. The molecule has 1 heterocycles. The third-order valence-electron chi connectivity index (χ3n) is 4.39. The first-order chi connectivity index (χ1) is 13.1. The van der Waals surface area contributed by atoms with E-state index in [0.717, 1.165) is 39.4 Å². The predicted molar refractivity (Wildman–Crippen MR) is 106 cm³/mol. The zero-order chi connectivity index (χ0) is 18.8. The second-order valence-electron chi connectivity index (χ2n) is 6.29. The summed E-state index contributed by atoms with van der Waals surface area (Å²) in [5.74, 6) is 1.07. The number of benzene rings is 3. The summed E-state index contributed by atoms with van der Waals surface area (Å²) in [6.07, 6.45) is 0. The Morgan fingerprint density at radius 3 is 2.30 bits per heavy atom. The van der Waals surface area contributed by atoms with Crippen LogP contribution in [0.4, 0.5) is 10.1 Å². The van der Waals surface area contributed by atoms with Crippen molar-refractivity contribution in [3.8, 4) is 5.75 Å². The van der Waals surface area contributed by atoms with Crippen LogP contribution in [0.3, 0.4) is 0 Å². The molecule has 0 saturated carbocycles. The molecule has 0 amide bonds. The molecule has 0 saturated heterocycles. The van der Waals surface area contributed by atoms with Crippen molar-refractivity contribution < 1.29 is 9.13 Å². The highest BCUT2D eigenvalue weighted by atomic mass is 19.1. The highest BCUT2D eigenvalue weighted by Gasteiger charge is 2.17. The maximum absolute atomic E-state index is 13.3. The summed E-state index contributed by atoms with van der Waals surface area (Å²) in [5, 5.41) is 4.61. The number of hydrazone groups is 1. The minimum atomic E-state index is -0.286. The van der Waals surface area contributed by atoms with E-state index in [9.17, 15) is 4.39 Å². The number of aryl methyl sites for hydroxylation is 1. The molecule has 0 aromatic heterocycles. The molecule has 5 heteroatoms. The van der Waals surface area contributed by atoms with Gasteiger partial charge in [-0.25, -0.2) is 9.38 Å². The highest BCUT2D eigenvalue weighted by molar-refractivity contribution is 6.18. The van der Waals surface area contributed by atoms with Crippen LogP contribution < -0.4 is 10.2 Å². The van der Waals surface area contributed by atoms with Gasteiger partial charge in [0.05, 0.1) is 18.5 Å². The van der Waals surface area contributed by atoms with Crippen molar-refractivity contribution in [2.24, 2.45) is 10.1 Å². The maximum Gasteiger partial charge on any atom is 0.154 e. The second-order valence-corrected chi connectivity index (χ2v) is 6.29. The quantitative estimate of drug-likeness (QED) is 0.744. The topological polar surface area (TPSA) is 46.0 Å². The summed E-state index contributed by atoms with van der Waals surface area (Å²) < 4.78 is 18.5. The van der Waals surface area contributed by atoms with Crippen molar-refractivity contribution >= 4 is 17.2 Å². The van der Waals surface area contributed by atoms with Crippen LogP contribution >= 0.6 is 0 Å². The molecule has 0 bridgehead atoms. The van der Waals surface area contributed by atoms with E-state index in [4.69, 9.17) is 9.73 Å². The fourth-order valence-corrected chi connectivity index (χ4v) is 2.96. The standard InChI is InChI=1S/C22H18FN3O/c1-14-3-12-20-19(13-14)21(15-6-10-18(27-2)11-7-15)25-26-22(24-20)16-4-8-17(23)9-5-16/h3-13H,1-2H3,(H,24,26). The van der Waals surface area contributed by atoms with E-state index in [-0.39, 0.29) is 5.82 Å². The lowest BCUT2D eigenvalue weighted by Gasteiger charge is -2.09. The number of fused-ring (bicyclic) bond motifs is 1. The van der Waals surface area contributed by atoms with Gasteiger partial charge in [-0.1, -0.05) is 11.6 Å². The SMILES string of the molecule is COc1ccc(C2=NNC(c3ccc(F)cc3)=Nc3ccc(C)cc32)cc1. The van der Waals surface area contributed by atoms with Gasteiger partial charge in [-0.05, 0) is 67.6 Å². The van der Waals surface area contributed by atoms with E-state index >= 15 is 0 Å². The van der Waals surface area contributed by atoms with E-state index in [1.165, 1.54) is 12.1 Å². The van der Waals surface area contributed by atoms with E-state index < -0.39 is 0 Å².